The predicted molar refractivity (Wildman–Crippen MR) is 116 cm³/mol. The van der Waals surface area contributed by atoms with Gasteiger partial charge in [0.1, 0.15) is 6.04 Å². The van der Waals surface area contributed by atoms with Crippen molar-refractivity contribution in [2.24, 2.45) is 17.1 Å². The maximum Gasteiger partial charge on any atom is 0.262 e. The number of fused-ring (bicyclic) bond motifs is 1. The first-order valence-corrected chi connectivity index (χ1v) is 11.7. The largest absolute Gasteiger partial charge is 0.328 e. The van der Waals surface area contributed by atoms with E-state index < -0.39 is 23.8 Å². The maximum atomic E-state index is 13.2. The number of piperidine rings is 1. The fourth-order valence-corrected chi connectivity index (χ4v) is 6.10. The van der Waals surface area contributed by atoms with Crippen molar-refractivity contribution in [1.82, 2.24) is 15.5 Å². The normalized spacial score (nSPS) is 32.2. The first-order valence-electron chi connectivity index (χ1n) is 11.7. The zero-order valence-electron chi connectivity index (χ0n) is 18.2. The van der Waals surface area contributed by atoms with Crippen LogP contribution in [0.2, 0.25) is 0 Å². The zero-order valence-corrected chi connectivity index (χ0v) is 18.2. The highest BCUT2D eigenvalue weighted by atomic mass is 16.2. The number of benzene rings is 1. The number of carbonyl (C=O) groups excluding carboxylic acids is 4. The molecule has 0 aromatic heterocycles. The molecule has 4 amide bonds. The second-order valence-electron chi connectivity index (χ2n) is 10.0. The van der Waals surface area contributed by atoms with E-state index >= 15 is 0 Å². The van der Waals surface area contributed by atoms with Gasteiger partial charge in [0.25, 0.3) is 11.8 Å². The molecule has 8 heteroatoms. The molecule has 170 valence electrons. The summed E-state index contributed by atoms with van der Waals surface area (Å²) >= 11 is 0. The van der Waals surface area contributed by atoms with Crippen LogP contribution in [-0.2, 0) is 16.1 Å². The number of nitrogens with zero attached hydrogens (tertiary/aromatic N) is 1. The van der Waals surface area contributed by atoms with Gasteiger partial charge in [0.05, 0.1) is 11.1 Å². The molecule has 2 aliphatic carbocycles. The van der Waals surface area contributed by atoms with Crippen LogP contribution in [0.5, 0.6) is 0 Å². The Kier molecular flexibility index (Phi) is 5.37. The van der Waals surface area contributed by atoms with Crippen molar-refractivity contribution in [1.29, 1.82) is 0 Å². The van der Waals surface area contributed by atoms with Crippen LogP contribution in [0, 0.1) is 11.3 Å². The lowest BCUT2D eigenvalue weighted by Crippen LogP contribution is -2.54. The fraction of sp³-hybridized carbons (Fsp3) is 0.583. The fourth-order valence-electron chi connectivity index (χ4n) is 6.10. The Balaban J connectivity index is 1.22. The van der Waals surface area contributed by atoms with Crippen LogP contribution in [0.3, 0.4) is 0 Å². The number of nitrogens with one attached hydrogen (secondary N) is 2. The first-order chi connectivity index (χ1) is 15.4. The number of amides is 4. The summed E-state index contributed by atoms with van der Waals surface area (Å²) in [5.41, 5.74) is 7.98. The maximum absolute atomic E-state index is 13.2. The molecule has 8 nitrogen and oxygen atoms in total. The van der Waals surface area contributed by atoms with E-state index in [0.717, 1.165) is 17.0 Å². The van der Waals surface area contributed by atoms with Crippen LogP contribution in [0.25, 0.3) is 0 Å². The Labute approximate surface area is 187 Å². The first kappa shape index (κ1) is 21.3. The van der Waals surface area contributed by atoms with Crippen LogP contribution < -0.4 is 16.4 Å². The average molecular weight is 439 g/mol. The van der Waals surface area contributed by atoms with E-state index in [4.69, 9.17) is 5.73 Å². The number of hydrogen-bond acceptors (Lipinski definition) is 6. The number of imide groups is 2. The van der Waals surface area contributed by atoms with Crippen molar-refractivity contribution in [3.8, 4) is 0 Å². The molecule has 3 fully saturated rings. The number of carbonyl (C=O) groups is 4. The van der Waals surface area contributed by atoms with Gasteiger partial charge >= 0.3 is 0 Å². The molecule has 1 aromatic rings. The van der Waals surface area contributed by atoms with Crippen molar-refractivity contribution in [2.75, 3.05) is 6.54 Å². The summed E-state index contributed by atoms with van der Waals surface area (Å²) in [6.45, 7) is 1.38. The van der Waals surface area contributed by atoms with Crippen molar-refractivity contribution >= 4 is 23.6 Å². The van der Waals surface area contributed by atoms with Crippen LogP contribution in [0.4, 0.5) is 0 Å². The molecule has 2 heterocycles. The van der Waals surface area contributed by atoms with Gasteiger partial charge in [0, 0.05) is 19.0 Å². The summed E-state index contributed by atoms with van der Waals surface area (Å²) in [5.74, 6) is -1.25. The van der Waals surface area contributed by atoms with Crippen LogP contribution >= 0.6 is 0 Å². The van der Waals surface area contributed by atoms with Gasteiger partial charge in [-0.05, 0) is 74.5 Å². The minimum atomic E-state index is -0.935. The third-order valence-corrected chi connectivity index (χ3v) is 7.86. The van der Waals surface area contributed by atoms with Gasteiger partial charge in [-0.3, -0.25) is 29.4 Å². The second kappa shape index (κ2) is 8.08. The lowest BCUT2D eigenvalue weighted by molar-refractivity contribution is -0.136. The van der Waals surface area contributed by atoms with Crippen LogP contribution in [0.1, 0.15) is 77.6 Å². The lowest BCUT2D eigenvalue weighted by atomic mass is 9.57. The highest BCUT2D eigenvalue weighted by Crippen LogP contribution is 2.52. The molecule has 4 N–H and O–H groups in total. The molecular weight excluding hydrogens is 408 g/mol. The minimum absolute atomic E-state index is 0.118. The van der Waals surface area contributed by atoms with E-state index in [0.29, 0.717) is 35.0 Å². The van der Waals surface area contributed by atoms with E-state index in [2.05, 4.69) is 10.6 Å². The molecule has 5 rings (SSSR count). The Morgan fingerprint density at radius 1 is 1.06 bits per heavy atom. The van der Waals surface area contributed by atoms with Crippen molar-refractivity contribution < 1.29 is 19.2 Å². The zero-order chi connectivity index (χ0) is 22.5. The number of hydrogen-bond donors (Lipinski definition) is 3. The highest BCUT2D eigenvalue weighted by molar-refractivity contribution is 6.24. The third kappa shape index (κ3) is 3.65. The molecule has 1 saturated heterocycles. The summed E-state index contributed by atoms with van der Waals surface area (Å²) in [5, 5.41) is 5.72. The molecule has 4 aliphatic rings. The molecule has 0 radical (unpaired) electrons. The van der Waals surface area contributed by atoms with Crippen LogP contribution in [0.15, 0.2) is 18.2 Å². The quantitative estimate of drug-likeness (QED) is 0.599. The topological polar surface area (TPSA) is 122 Å². The summed E-state index contributed by atoms with van der Waals surface area (Å²) < 4.78 is 0. The summed E-state index contributed by atoms with van der Waals surface area (Å²) in [6.07, 6.45) is 7.53. The molecular formula is C24H30N4O4. The molecule has 1 spiro atoms. The molecule has 1 aromatic carbocycles. The van der Waals surface area contributed by atoms with E-state index in [1.54, 1.807) is 12.1 Å². The van der Waals surface area contributed by atoms with Gasteiger partial charge in [-0.2, -0.15) is 0 Å². The predicted octanol–water partition coefficient (Wildman–Crippen LogP) is 1.48. The molecule has 0 bridgehead atoms. The molecule has 1 atom stereocenters. The monoisotopic (exact) mass is 438 g/mol. The van der Waals surface area contributed by atoms with Gasteiger partial charge in [0.15, 0.2) is 0 Å². The Morgan fingerprint density at radius 3 is 2.50 bits per heavy atom. The van der Waals surface area contributed by atoms with Gasteiger partial charge in [0.2, 0.25) is 11.8 Å². The summed E-state index contributed by atoms with van der Waals surface area (Å²) in [6, 6.07) is 4.73. The van der Waals surface area contributed by atoms with E-state index in [1.807, 2.05) is 6.07 Å². The standard InChI is InChI=1S/C24H30N4O4/c25-16-10-24(11-16)8-6-14(7-9-24)12-26-13-15-2-1-3-17-20(15)23(32)28(22(17)31)18-4-5-19(29)27-21(18)30/h1-3,14,16,18,26H,4-13,25H2,(H,27,29,30). The molecule has 1 unspecified atom stereocenters. The molecule has 2 aliphatic heterocycles. The van der Waals surface area contributed by atoms with E-state index in [9.17, 15) is 19.2 Å². The lowest BCUT2D eigenvalue weighted by Gasteiger charge is -2.50. The highest BCUT2D eigenvalue weighted by Gasteiger charge is 2.46. The van der Waals surface area contributed by atoms with Crippen molar-refractivity contribution in [3.63, 3.8) is 0 Å². The number of nitrogens with two attached hydrogens (primary N) is 1. The van der Waals surface area contributed by atoms with Gasteiger partial charge in [-0.15, -0.1) is 0 Å². The summed E-state index contributed by atoms with van der Waals surface area (Å²) in [7, 11) is 0. The smallest absolute Gasteiger partial charge is 0.262 e. The Bertz CT molecular complexity index is 974. The van der Waals surface area contributed by atoms with Gasteiger partial charge < -0.3 is 11.1 Å². The van der Waals surface area contributed by atoms with Gasteiger partial charge in [-0.25, -0.2) is 0 Å². The SMILES string of the molecule is NC1CC2(CCC(CNCc3cccc4c3C(=O)N(C3CCC(=O)NC3=O)C4=O)CC2)C1. The third-order valence-electron chi connectivity index (χ3n) is 7.86. The van der Waals surface area contributed by atoms with Crippen LogP contribution in [-0.4, -0.2) is 47.2 Å². The van der Waals surface area contributed by atoms with E-state index in [-0.39, 0.29) is 18.7 Å². The van der Waals surface area contributed by atoms with Crippen molar-refractivity contribution in [2.45, 2.75) is 70.0 Å². The Morgan fingerprint density at radius 2 is 1.81 bits per heavy atom. The second-order valence-corrected chi connectivity index (χ2v) is 10.0. The molecule has 32 heavy (non-hydrogen) atoms. The number of rotatable bonds is 5. The van der Waals surface area contributed by atoms with E-state index in [1.165, 1.54) is 38.5 Å². The average Bonchev–Trinajstić information content (AvgIpc) is 3.00. The van der Waals surface area contributed by atoms with Crippen molar-refractivity contribution in [3.05, 3.63) is 34.9 Å². The molecule has 2 saturated carbocycles. The Hall–Kier alpha value is -2.58. The minimum Gasteiger partial charge on any atom is -0.328 e. The van der Waals surface area contributed by atoms with Gasteiger partial charge in [-0.1, -0.05) is 12.1 Å². The summed E-state index contributed by atoms with van der Waals surface area (Å²) in [4.78, 5) is 50.8.